The lowest BCUT2D eigenvalue weighted by Gasteiger charge is -1.98. The molecule has 3 aromatic rings. The summed E-state index contributed by atoms with van der Waals surface area (Å²) in [6, 6.07) is 17.3. The first-order valence-corrected chi connectivity index (χ1v) is 5.89. The molecule has 1 heterocycles. The van der Waals surface area contributed by atoms with Crippen LogP contribution in [0.1, 0.15) is 11.1 Å². The van der Waals surface area contributed by atoms with Gasteiger partial charge in [-0.15, -0.1) is 0 Å². The highest BCUT2D eigenvalue weighted by atomic mass is 14.7. The van der Waals surface area contributed by atoms with Crippen molar-refractivity contribution in [3.05, 3.63) is 59.7 Å². The van der Waals surface area contributed by atoms with Crippen LogP contribution in [0.25, 0.3) is 22.2 Å². The molecule has 0 unspecified atom stereocenters. The maximum Gasteiger partial charge on any atom is 0.0464 e. The van der Waals surface area contributed by atoms with Crippen molar-refractivity contribution in [1.29, 1.82) is 0 Å². The minimum Gasteiger partial charge on any atom is -0.355 e. The molecule has 17 heavy (non-hydrogen) atoms. The van der Waals surface area contributed by atoms with Crippen LogP contribution in [0.5, 0.6) is 0 Å². The second-order valence-corrected chi connectivity index (χ2v) is 4.64. The van der Waals surface area contributed by atoms with Gasteiger partial charge in [0.15, 0.2) is 0 Å². The molecule has 0 spiro atoms. The largest absolute Gasteiger partial charge is 0.355 e. The number of aromatic amines is 1. The predicted octanol–water partition coefficient (Wildman–Crippen LogP) is 4.45. The molecule has 2 aromatic carbocycles. The number of aromatic nitrogens is 1. The third-order valence-corrected chi connectivity index (χ3v) is 3.11. The number of fused-ring (bicyclic) bond motifs is 1. The molecule has 84 valence electrons. The highest BCUT2D eigenvalue weighted by molar-refractivity contribution is 5.86. The SMILES string of the molecule is Cc1cccc(-c2cc3ccc(C)cc3[nH]2)c1. The molecular formula is C16H15N. The first-order valence-electron chi connectivity index (χ1n) is 5.89. The fourth-order valence-corrected chi connectivity index (χ4v) is 2.21. The molecule has 0 aliphatic carbocycles. The first-order chi connectivity index (χ1) is 8.22. The Bertz CT molecular complexity index is 677. The van der Waals surface area contributed by atoms with Gasteiger partial charge in [0.25, 0.3) is 0 Å². The molecular weight excluding hydrogens is 206 g/mol. The minimum atomic E-state index is 1.19. The molecule has 0 saturated carbocycles. The van der Waals surface area contributed by atoms with Crippen molar-refractivity contribution in [2.24, 2.45) is 0 Å². The monoisotopic (exact) mass is 221 g/mol. The average Bonchev–Trinajstić information content (AvgIpc) is 2.72. The molecule has 1 heteroatoms. The van der Waals surface area contributed by atoms with Gasteiger partial charge in [0.2, 0.25) is 0 Å². The Balaban J connectivity index is 2.18. The van der Waals surface area contributed by atoms with E-state index in [1.54, 1.807) is 0 Å². The van der Waals surface area contributed by atoms with E-state index in [9.17, 15) is 0 Å². The van der Waals surface area contributed by atoms with Crippen LogP contribution in [-0.2, 0) is 0 Å². The minimum absolute atomic E-state index is 1.19. The van der Waals surface area contributed by atoms with Gasteiger partial charge in [-0.05, 0) is 43.2 Å². The van der Waals surface area contributed by atoms with E-state index >= 15 is 0 Å². The van der Waals surface area contributed by atoms with Gasteiger partial charge in [0.05, 0.1) is 0 Å². The predicted molar refractivity (Wildman–Crippen MR) is 73.2 cm³/mol. The standard InChI is InChI=1S/C16H15N/c1-11-4-3-5-13(8-11)16-10-14-7-6-12(2)9-15(14)17-16/h3-10,17H,1-2H3. The summed E-state index contributed by atoms with van der Waals surface area (Å²) in [5, 5.41) is 1.27. The van der Waals surface area contributed by atoms with E-state index in [1.807, 2.05) is 0 Å². The topological polar surface area (TPSA) is 15.8 Å². The second-order valence-electron chi connectivity index (χ2n) is 4.64. The normalized spacial score (nSPS) is 10.9. The lowest BCUT2D eigenvalue weighted by Crippen LogP contribution is -1.78. The number of hydrogen-bond donors (Lipinski definition) is 1. The van der Waals surface area contributed by atoms with Crippen molar-refractivity contribution in [2.45, 2.75) is 13.8 Å². The fourth-order valence-electron chi connectivity index (χ4n) is 2.21. The fraction of sp³-hybridized carbons (Fsp3) is 0.125. The van der Waals surface area contributed by atoms with Crippen molar-refractivity contribution in [3.63, 3.8) is 0 Å². The number of rotatable bonds is 1. The Morgan fingerprint density at radius 1 is 0.824 bits per heavy atom. The van der Waals surface area contributed by atoms with Gasteiger partial charge in [0, 0.05) is 16.6 Å². The van der Waals surface area contributed by atoms with Crippen molar-refractivity contribution in [3.8, 4) is 11.3 Å². The van der Waals surface area contributed by atoms with E-state index in [2.05, 4.69) is 67.4 Å². The van der Waals surface area contributed by atoms with Crippen LogP contribution >= 0.6 is 0 Å². The van der Waals surface area contributed by atoms with Crippen LogP contribution in [0.4, 0.5) is 0 Å². The van der Waals surface area contributed by atoms with Crippen LogP contribution in [0.2, 0.25) is 0 Å². The Labute approximate surface area is 101 Å². The molecule has 0 bridgehead atoms. The quantitative estimate of drug-likeness (QED) is 0.624. The van der Waals surface area contributed by atoms with Crippen molar-refractivity contribution >= 4 is 10.9 Å². The van der Waals surface area contributed by atoms with Crippen LogP contribution in [-0.4, -0.2) is 4.98 Å². The van der Waals surface area contributed by atoms with Gasteiger partial charge in [-0.25, -0.2) is 0 Å². The Morgan fingerprint density at radius 2 is 1.65 bits per heavy atom. The number of benzene rings is 2. The maximum absolute atomic E-state index is 3.48. The van der Waals surface area contributed by atoms with Crippen LogP contribution < -0.4 is 0 Å². The zero-order valence-corrected chi connectivity index (χ0v) is 10.1. The van der Waals surface area contributed by atoms with E-state index in [0.717, 1.165) is 0 Å². The molecule has 0 amide bonds. The van der Waals surface area contributed by atoms with Gasteiger partial charge >= 0.3 is 0 Å². The van der Waals surface area contributed by atoms with E-state index in [-0.39, 0.29) is 0 Å². The first kappa shape index (κ1) is 10.2. The smallest absolute Gasteiger partial charge is 0.0464 e. The lowest BCUT2D eigenvalue weighted by molar-refractivity contribution is 1.41. The number of aryl methyl sites for hydroxylation is 2. The van der Waals surface area contributed by atoms with Crippen molar-refractivity contribution in [2.75, 3.05) is 0 Å². The van der Waals surface area contributed by atoms with E-state index in [0.29, 0.717) is 0 Å². The molecule has 0 aliphatic rings. The molecule has 0 atom stereocenters. The van der Waals surface area contributed by atoms with Gasteiger partial charge in [-0.2, -0.15) is 0 Å². The molecule has 0 aliphatic heterocycles. The van der Waals surface area contributed by atoms with Crippen LogP contribution in [0.15, 0.2) is 48.5 Å². The highest BCUT2D eigenvalue weighted by Gasteiger charge is 2.03. The summed E-state index contributed by atoms with van der Waals surface area (Å²) < 4.78 is 0. The molecule has 1 aromatic heterocycles. The third-order valence-electron chi connectivity index (χ3n) is 3.11. The molecule has 0 fully saturated rings. The summed E-state index contributed by atoms with van der Waals surface area (Å²) in [5.41, 5.74) is 6.22. The molecule has 0 radical (unpaired) electrons. The maximum atomic E-state index is 3.48. The Kier molecular flexibility index (Phi) is 2.25. The molecule has 3 rings (SSSR count). The zero-order chi connectivity index (χ0) is 11.8. The molecule has 0 saturated heterocycles. The van der Waals surface area contributed by atoms with E-state index < -0.39 is 0 Å². The second kappa shape index (κ2) is 3.77. The summed E-state index contributed by atoms with van der Waals surface area (Å²) >= 11 is 0. The Morgan fingerprint density at radius 3 is 2.47 bits per heavy atom. The summed E-state index contributed by atoms with van der Waals surface area (Å²) in [6.45, 7) is 4.24. The van der Waals surface area contributed by atoms with E-state index in [4.69, 9.17) is 0 Å². The summed E-state index contributed by atoms with van der Waals surface area (Å²) in [5.74, 6) is 0. The number of nitrogens with one attached hydrogen (secondary N) is 1. The van der Waals surface area contributed by atoms with Gasteiger partial charge in [-0.3, -0.25) is 0 Å². The molecule has 1 nitrogen and oxygen atoms in total. The van der Waals surface area contributed by atoms with Crippen LogP contribution in [0, 0.1) is 13.8 Å². The van der Waals surface area contributed by atoms with Gasteiger partial charge in [-0.1, -0.05) is 35.9 Å². The number of hydrogen-bond acceptors (Lipinski definition) is 0. The summed E-state index contributed by atoms with van der Waals surface area (Å²) in [7, 11) is 0. The third kappa shape index (κ3) is 1.84. The summed E-state index contributed by atoms with van der Waals surface area (Å²) in [6.07, 6.45) is 0. The zero-order valence-electron chi connectivity index (χ0n) is 10.1. The van der Waals surface area contributed by atoms with Gasteiger partial charge < -0.3 is 4.98 Å². The van der Waals surface area contributed by atoms with Gasteiger partial charge in [0.1, 0.15) is 0 Å². The van der Waals surface area contributed by atoms with E-state index in [1.165, 1.54) is 33.3 Å². The summed E-state index contributed by atoms with van der Waals surface area (Å²) in [4.78, 5) is 3.48. The Hall–Kier alpha value is -2.02. The number of H-pyrrole nitrogens is 1. The van der Waals surface area contributed by atoms with Crippen molar-refractivity contribution < 1.29 is 0 Å². The highest BCUT2D eigenvalue weighted by Crippen LogP contribution is 2.25. The van der Waals surface area contributed by atoms with Crippen molar-refractivity contribution in [1.82, 2.24) is 4.98 Å². The molecule has 1 N–H and O–H groups in total. The average molecular weight is 221 g/mol. The van der Waals surface area contributed by atoms with Crippen LogP contribution in [0.3, 0.4) is 0 Å². The lowest BCUT2D eigenvalue weighted by atomic mass is 10.1.